The molecule has 0 saturated heterocycles. The van der Waals surface area contributed by atoms with Crippen LogP contribution in [0.3, 0.4) is 0 Å². The number of rotatable bonds is 2. The van der Waals surface area contributed by atoms with E-state index in [9.17, 15) is 10.2 Å². The van der Waals surface area contributed by atoms with Gasteiger partial charge in [0.1, 0.15) is 0 Å². The molecule has 7 atom stereocenters. The van der Waals surface area contributed by atoms with Gasteiger partial charge >= 0.3 is 0 Å². The summed E-state index contributed by atoms with van der Waals surface area (Å²) in [5, 5.41) is 20.0. The topological polar surface area (TPSA) is 40.5 Å². The zero-order chi connectivity index (χ0) is 18.0. The maximum absolute atomic E-state index is 15.0. The van der Waals surface area contributed by atoms with E-state index >= 15 is 4.39 Å². The SMILES string of the molecule is C=C(CO)[C@H]1CC[C@H]2[C@@H]3CC(F)=C4C[C@@](C)(O)CC[C@@H]4[C@H]3CC[C@]12C. The predicted molar refractivity (Wildman–Crippen MR) is 97.5 cm³/mol. The highest BCUT2D eigenvalue weighted by atomic mass is 19.1. The van der Waals surface area contributed by atoms with Crippen molar-refractivity contribution in [3.05, 3.63) is 23.6 Å². The van der Waals surface area contributed by atoms with E-state index in [-0.39, 0.29) is 17.8 Å². The van der Waals surface area contributed by atoms with Gasteiger partial charge in [0.2, 0.25) is 0 Å². The van der Waals surface area contributed by atoms with Gasteiger partial charge in [-0.3, -0.25) is 0 Å². The van der Waals surface area contributed by atoms with Crippen LogP contribution in [0, 0.1) is 35.0 Å². The van der Waals surface area contributed by atoms with Crippen molar-refractivity contribution in [2.24, 2.45) is 35.0 Å². The average molecular weight is 349 g/mol. The summed E-state index contributed by atoms with van der Waals surface area (Å²) in [6.45, 7) is 8.44. The predicted octanol–water partition coefficient (Wildman–Crippen LogP) is 4.77. The van der Waals surface area contributed by atoms with Gasteiger partial charge in [-0.1, -0.05) is 13.5 Å². The Labute approximate surface area is 151 Å². The third-order valence-electron chi connectivity index (χ3n) is 8.48. The lowest BCUT2D eigenvalue weighted by atomic mass is 9.51. The molecule has 0 heterocycles. The molecular formula is C22H33FO2. The van der Waals surface area contributed by atoms with Crippen LogP contribution in [0.1, 0.15) is 65.2 Å². The molecule has 3 heteroatoms. The fraction of sp³-hybridized carbons (Fsp3) is 0.818. The molecule has 3 fully saturated rings. The van der Waals surface area contributed by atoms with Crippen molar-refractivity contribution < 1.29 is 14.6 Å². The first kappa shape index (κ1) is 17.7. The average Bonchev–Trinajstić information content (AvgIpc) is 2.91. The third-order valence-corrected chi connectivity index (χ3v) is 8.48. The molecule has 25 heavy (non-hydrogen) atoms. The summed E-state index contributed by atoms with van der Waals surface area (Å²) in [6, 6.07) is 0. The van der Waals surface area contributed by atoms with Crippen LogP contribution in [-0.2, 0) is 0 Å². The van der Waals surface area contributed by atoms with Gasteiger partial charge in [0.25, 0.3) is 0 Å². The Morgan fingerprint density at radius 1 is 1.16 bits per heavy atom. The standard InChI is InChI=1S/C22H33FO2/c1-13(12-24)18-4-5-19-16-10-20(23)17-11-21(2,25)8-6-15(17)14(16)7-9-22(18,19)3/h14-16,18-19,24-25H,1,4-12H2,2-3H3/t14-,15-,16-,18-,19+,21+,22-/m1/s1. The van der Waals surface area contributed by atoms with Crippen LogP contribution in [0.5, 0.6) is 0 Å². The highest BCUT2D eigenvalue weighted by Crippen LogP contribution is 2.65. The highest BCUT2D eigenvalue weighted by molar-refractivity contribution is 5.26. The van der Waals surface area contributed by atoms with Gasteiger partial charge < -0.3 is 10.2 Å². The van der Waals surface area contributed by atoms with Crippen molar-refractivity contribution in [3.8, 4) is 0 Å². The largest absolute Gasteiger partial charge is 0.392 e. The van der Waals surface area contributed by atoms with Gasteiger partial charge in [0.05, 0.1) is 18.0 Å². The minimum atomic E-state index is -0.726. The first-order valence-corrected chi connectivity index (χ1v) is 10.1. The van der Waals surface area contributed by atoms with Crippen LogP contribution in [-0.4, -0.2) is 22.4 Å². The second kappa shape index (κ2) is 5.92. The highest BCUT2D eigenvalue weighted by Gasteiger charge is 2.57. The molecule has 3 saturated carbocycles. The molecule has 0 radical (unpaired) electrons. The molecule has 0 aromatic rings. The van der Waals surface area contributed by atoms with E-state index in [1.54, 1.807) is 0 Å². The van der Waals surface area contributed by atoms with Crippen LogP contribution >= 0.6 is 0 Å². The van der Waals surface area contributed by atoms with Crippen LogP contribution < -0.4 is 0 Å². The first-order chi connectivity index (χ1) is 11.8. The van der Waals surface area contributed by atoms with Gasteiger partial charge in [-0.2, -0.15) is 0 Å². The van der Waals surface area contributed by atoms with E-state index < -0.39 is 5.60 Å². The van der Waals surface area contributed by atoms with E-state index in [0.29, 0.717) is 42.4 Å². The van der Waals surface area contributed by atoms with E-state index in [1.165, 1.54) is 6.42 Å². The molecule has 0 aromatic carbocycles. The second-order valence-electron chi connectivity index (χ2n) is 9.88. The minimum Gasteiger partial charge on any atom is -0.392 e. The number of fused-ring (bicyclic) bond motifs is 5. The summed E-state index contributed by atoms with van der Waals surface area (Å²) in [7, 11) is 0. The molecule has 140 valence electrons. The molecule has 4 aliphatic carbocycles. The van der Waals surface area contributed by atoms with Crippen LogP contribution in [0.2, 0.25) is 0 Å². The molecule has 0 bridgehead atoms. The lowest BCUT2D eigenvalue weighted by Gasteiger charge is -2.54. The van der Waals surface area contributed by atoms with Crippen molar-refractivity contribution in [2.75, 3.05) is 6.61 Å². The number of allylic oxidation sites excluding steroid dienone is 1. The zero-order valence-electron chi connectivity index (χ0n) is 15.7. The maximum Gasteiger partial charge on any atom is 0.0998 e. The number of hydrogen-bond acceptors (Lipinski definition) is 2. The van der Waals surface area contributed by atoms with Crippen LogP contribution in [0.15, 0.2) is 23.6 Å². The molecule has 4 rings (SSSR count). The summed E-state index contributed by atoms with van der Waals surface area (Å²) >= 11 is 0. The summed E-state index contributed by atoms with van der Waals surface area (Å²) in [5.74, 6) is 2.40. The van der Waals surface area contributed by atoms with Gasteiger partial charge in [-0.25, -0.2) is 4.39 Å². The number of halogens is 1. The van der Waals surface area contributed by atoms with E-state index in [1.807, 2.05) is 6.92 Å². The van der Waals surface area contributed by atoms with Gasteiger partial charge in [0.15, 0.2) is 0 Å². The molecule has 0 aliphatic heterocycles. The Hall–Kier alpha value is -0.670. The minimum absolute atomic E-state index is 0.0805. The molecule has 0 unspecified atom stereocenters. The number of aliphatic hydroxyl groups excluding tert-OH is 1. The first-order valence-electron chi connectivity index (χ1n) is 10.1. The molecule has 2 nitrogen and oxygen atoms in total. The van der Waals surface area contributed by atoms with Crippen molar-refractivity contribution in [2.45, 2.75) is 70.8 Å². The Bertz CT molecular complexity index is 607. The number of hydrogen-bond donors (Lipinski definition) is 2. The van der Waals surface area contributed by atoms with E-state index in [0.717, 1.165) is 43.3 Å². The number of aliphatic hydroxyl groups is 2. The normalized spacial score (nSPS) is 49.4. The lowest BCUT2D eigenvalue weighted by Crippen LogP contribution is -2.48. The molecule has 0 amide bonds. The molecule has 0 spiro atoms. The zero-order valence-corrected chi connectivity index (χ0v) is 15.7. The second-order valence-corrected chi connectivity index (χ2v) is 9.88. The Kier molecular flexibility index (Phi) is 4.20. The Morgan fingerprint density at radius 2 is 1.92 bits per heavy atom. The molecular weight excluding hydrogens is 315 g/mol. The monoisotopic (exact) mass is 348 g/mol. The van der Waals surface area contributed by atoms with Gasteiger partial charge in [-0.05, 0) is 98.0 Å². The summed E-state index contributed by atoms with van der Waals surface area (Å²) < 4.78 is 15.0. The fourth-order valence-electron chi connectivity index (χ4n) is 7.27. The van der Waals surface area contributed by atoms with Gasteiger partial charge in [-0.15, -0.1) is 0 Å². The summed E-state index contributed by atoms with van der Waals surface area (Å²) in [6.07, 6.45) is 7.41. The fourth-order valence-corrected chi connectivity index (χ4v) is 7.27. The van der Waals surface area contributed by atoms with Crippen LogP contribution in [0.4, 0.5) is 4.39 Å². The van der Waals surface area contributed by atoms with Crippen molar-refractivity contribution in [3.63, 3.8) is 0 Å². The molecule has 2 N–H and O–H groups in total. The third kappa shape index (κ3) is 2.65. The molecule has 0 aromatic heterocycles. The van der Waals surface area contributed by atoms with Crippen molar-refractivity contribution in [1.29, 1.82) is 0 Å². The summed E-state index contributed by atoms with van der Waals surface area (Å²) in [5.41, 5.74) is 1.37. The van der Waals surface area contributed by atoms with Gasteiger partial charge in [0, 0.05) is 6.42 Å². The van der Waals surface area contributed by atoms with E-state index in [4.69, 9.17) is 0 Å². The van der Waals surface area contributed by atoms with E-state index in [2.05, 4.69) is 13.5 Å². The Morgan fingerprint density at radius 3 is 2.64 bits per heavy atom. The molecule has 4 aliphatic rings. The van der Waals surface area contributed by atoms with Crippen molar-refractivity contribution in [1.82, 2.24) is 0 Å². The smallest absolute Gasteiger partial charge is 0.0998 e. The Balaban J connectivity index is 1.63. The van der Waals surface area contributed by atoms with Crippen LogP contribution in [0.25, 0.3) is 0 Å². The lowest BCUT2D eigenvalue weighted by molar-refractivity contribution is -0.0357. The summed E-state index contributed by atoms with van der Waals surface area (Å²) in [4.78, 5) is 0. The van der Waals surface area contributed by atoms with Crippen molar-refractivity contribution >= 4 is 0 Å². The quantitative estimate of drug-likeness (QED) is 0.706. The maximum atomic E-state index is 15.0.